The molecule has 2 unspecified atom stereocenters. The first kappa shape index (κ1) is 16.5. The summed E-state index contributed by atoms with van der Waals surface area (Å²) < 4.78 is 36.2. The Bertz CT molecular complexity index is 446. The normalized spacial score (nSPS) is 14.6. The number of halogens is 3. The monoisotopic (exact) mass is 284 g/mol. The van der Waals surface area contributed by atoms with Gasteiger partial charge in [-0.15, -0.1) is 0 Å². The SMILES string of the molecule is CC(CCCC(F)(F)F)NC(C)c1ccc(C#N)cc1. The van der Waals surface area contributed by atoms with E-state index in [-0.39, 0.29) is 18.5 Å². The highest BCUT2D eigenvalue weighted by atomic mass is 19.4. The van der Waals surface area contributed by atoms with Crippen molar-refractivity contribution in [2.24, 2.45) is 0 Å². The molecule has 0 bridgehead atoms. The molecule has 0 heterocycles. The molecule has 0 aliphatic carbocycles. The van der Waals surface area contributed by atoms with Crippen LogP contribution in [0, 0.1) is 11.3 Å². The van der Waals surface area contributed by atoms with Crippen LogP contribution in [0.3, 0.4) is 0 Å². The van der Waals surface area contributed by atoms with Crippen molar-refractivity contribution in [3.63, 3.8) is 0 Å². The molecule has 0 spiro atoms. The number of nitriles is 1. The van der Waals surface area contributed by atoms with Crippen LogP contribution >= 0.6 is 0 Å². The van der Waals surface area contributed by atoms with E-state index in [1.165, 1.54) is 0 Å². The van der Waals surface area contributed by atoms with Gasteiger partial charge in [0.2, 0.25) is 0 Å². The Morgan fingerprint density at radius 3 is 2.30 bits per heavy atom. The van der Waals surface area contributed by atoms with Gasteiger partial charge in [0, 0.05) is 18.5 Å². The maximum absolute atomic E-state index is 12.1. The number of alkyl halides is 3. The molecule has 1 aromatic carbocycles. The summed E-state index contributed by atoms with van der Waals surface area (Å²) in [6.45, 7) is 3.85. The average molecular weight is 284 g/mol. The van der Waals surface area contributed by atoms with E-state index in [2.05, 4.69) is 5.32 Å². The van der Waals surface area contributed by atoms with Gasteiger partial charge in [0.25, 0.3) is 0 Å². The van der Waals surface area contributed by atoms with Crippen LogP contribution in [0.15, 0.2) is 24.3 Å². The lowest BCUT2D eigenvalue weighted by Gasteiger charge is -2.20. The van der Waals surface area contributed by atoms with E-state index in [0.717, 1.165) is 5.56 Å². The molecular formula is C15H19F3N2. The van der Waals surface area contributed by atoms with Gasteiger partial charge < -0.3 is 5.32 Å². The zero-order valence-electron chi connectivity index (χ0n) is 11.7. The molecule has 5 heteroatoms. The van der Waals surface area contributed by atoms with E-state index in [0.29, 0.717) is 12.0 Å². The zero-order chi connectivity index (χ0) is 15.2. The van der Waals surface area contributed by atoms with Crippen molar-refractivity contribution in [2.75, 3.05) is 0 Å². The summed E-state index contributed by atoms with van der Waals surface area (Å²) in [5.74, 6) is 0. The van der Waals surface area contributed by atoms with E-state index in [1.807, 2.05) is 32.0 Å². The van der Waals surface area contributed by atoms with E-state index < -0.39 is 12.6 Å². The lowest BCUT2D eigenvalue weighted by atomic mass is 10.0. The van der Waals surface area contributed by atoms with Crippen molar-refractivity contribution in [2.45, 2.75) is 51.4 Å². The minimum Gasteiger partial charge on any atom is -0.308 e. The Balaban J connectivity index is 2.40. The number of nitrogens with one attached hydrogen (secondary N) is 1. The van der Waals surface area contributed by atoms with E-state index in [9.17, 15) is 13.2 Å². The highest BCUT2D eigenvalue weighted by Crippen LogP contribution is 2.23. The zero-order valence-corrected chi connectivity index (χ0v) is 11.7. The van der Waals surface area contributed by atoms with Crippen molar-refractivity contribution in [1.82, 2.24) is 5.32 Å². The third kappa shape index (κ3) is 6.07. The highest BCUT2D eigenvalue weighted by molar-refractivity contribution is 5.32. The Morgan fingerprint density at radius 2 is 1.80 bits per heavy atom. The van der Waals surface area contributed by atoms with Gasteiger partial charge in [-0.1, -0.05) is 12.1 Å². The van der Waals surface area contributed by atoms with Crippen molar-refractivity contribution < 1.29 is 13.2 Å². The molecule has 20 heavy (non-hydrogen) atoms. The van der Waals surface area contributed by atoms with Gasteiger partial charge in [0.05, 0.1) is 11.6 Å². The quantitative estimate of drug-likeness (QED) is 0.844. The average Bonchev–Trinajstić information content (AvgIpc) is 2.37. The lowest BCUT2D eigenvalue weighted by molar-refractivity contribution is -0.135. The van der Waals surface area contributed by atoms with E-state index in [4.69, 9.17) is 5.26 Å². The molecule has 0 aromatic heterocycles. The van der Waals surface area contributed by atoms with Crippen molar-refractivity contribution in [3.8, 4) is 6.07 Å². The molecule has 0 radical (unpaired) electrons. The molecule has 1 N–H and O–H groups in total. The number of nitrogens with zero attached hydrogens (tertiary/aromatic N) is 1. The summed E-state index contributed by atoms with van der Waals surface area (Å²) in [7, 11) is 0. The van der Waals surface area contributed by atoms with E-state index in [1.54, 1.807) is 12.1 Å². The van der Waals surface area contributed by atoms with Crippen molar-refractivity contribution >= 4 is 0 Å². The largest absolute Gasteiger partial charge is 0.389 e. The van der Waals surface area contributed by atoms with Crippen LogP contribution < -0.4 is 5.32 Å². The molecule has 0 fully saturated rings. The van der Waals surface area contributed by atoms with Gasteiger partial charge in [-0.25, -0.2) is 0 Å². The Morgan fingerprint density at radius 1 is 1.20 bits per heavy atom. The fraction of sp³-hybridized carbons (Fsp3) is 0.533. The molecule has 0 saturated carbocycles. The Labute approximate surface area is 117 Å². The van der Waals surface area contributed by atoms with E-state index >= 15 is 0 Å². The maximum atomic E-state index is 12.1. The summed E-state index contributed by atoms with van der Waals surface area (Å²) in [5, 5.41) is 12.0. The first-order valence-corrected chi connectivity index (χ1v) is 6.64. The van der Waals surface area contributed by atoms with Crippen LogP contribution in [0.1, 0.15) is 50.3 Å². The highest BCUT2D eigenvalue weighted by Gasteiger charge is 2.26. The molecule has 0 amide bonds. The lowest BCUT2D eigenvalue weighted by Crippen LogP contribution is -2.29. The van der Waals surface area contributed by atoms with Crippen LogP contribution in [-0.2, 0) is 0 Å². The molecule has 2 nitrogen and oxygen atoms in total. The second-order valence-electron chi connectivity index (χ2n) is 5.03. The predicted octanol–water partition coefficient (Wildman–Crippen LogP) is 4.33. The van der Waals surface area contributed by atoms with Crippen LogP contribution in [0.5, 0.6) is 0 Å². The smallest absolute Gasteiger partial charge is 0.308 e. The molecule has 110 valence electrons. The topological polar surface area (TPSA) is 35.8 Å². The minimum atomic E-state index is -4.07. The summed E-state index contributed by atoms with van der Waals surface area (Å²) in [4.78, 5) is 0. The predicted molar refractivity (Wildman–Crippen MR) is 72.1 cm³/mol. The molecule has 1 rings (SSSR count). The summed E-state index contributed by atoms with van der Waals surface area (Å²) in [5.41, 5.74) is 1.62. The fourth-order valence-electron chi connectivity index (χ4n) is 2.06. The number of hydrogen-bond donors (Lipinski definition) is 1. The standard InChI is InChI=1S/C15H19F3N2/c1-11(4-3-9-15(16,17)18)20-12(2)14-7-5-13(10-19)6-8-14/h5-8,11-12,20H,3-4,9H2,1-2H3. The van der Waals surface area contributed by atoms with Crippen LogP contribution in [0.4, 0.5) is 13.2 Å². The van der Waals surface area contributed by atoms with Gasteiger partial charge in [0.15, 0.2) is 0 Å². The van der Waals surface area contributed by atoms with Crippen LogP contribution in [0.25, 0.3) is 0 Å². The number of rotatable bonds is 6. The minimum absolute atomic E-state index is 0.0167. The Hall–Kier alpha value is -1.54. The van der Waals surface area contributed by atoms with Gasteiger partial charge >= 0.3 is 6.18 Å². The summed E-state index contributed by atoms with van der Waals surface area (Å²) in [6.07, 6.45) is -4.18. The first-order valence-electron chi connectivity index (χ1n) is 6.64. The molecule has 1 aromatic rings. The van der Waals surface area contributed by atoms with Crippen molar-refractivity contribution in [3.05, 3.63) is 35.4 Å². The maximum Gasteiger partial charge on any atom is 0.389 e. The second kappa shape index (κ2) is 7.30. The summed E-state index contributed by atoms with van der Waals surface area (Å²) >= 11 is 0. The molecule has 0 aliphatic heterocycles. The van der Waals surface area contributed by atoms with Crippen molar-refractivity contribution in [1.29, 1.82) is 5.26 Å². The molecule has 0 saturated heterocycles. The Kier molecular flexibility index (Phi) is 6.03. The van der Waals surface area contributed by atoms with Gasteiger partial charge in [-0.3, -0.25) is 0 Å². The third-order valence-corrected chi connectivity index (χ3v) is 3.17. The first-order chi connectivity index (χ1) is 9.31. The van der Waals surface area contributed by atoms with Gasteiger partial charge in [-0.05, 0) is 44.4 Å². The molecule has 2 atom stereocenters. The molecule has 0 aliphatic rings. The van der Waals surface area contributed by atoms with Gasteiger partial charge in [-0.2, -0.15) is 18.4 Å². The molecular weight excluding hydrogens is 265 g/mol. The second-order valence-corrected chi connectivity index (χ2v) is 5.03. The summed E-state index contributed by atoms with van der Waals surface area (Å²) in [6, 6.07) is 9.31. The van der Waals surface area contributed by atoms with Crippen LogP contribution in [0.2, 0.25) is 0 Å². The third-order valence-electron chi connectivity index (χ3n) is 3.17. The van der Waals surface area contributed by atoms with Crippen LogP contribution in [-0.4, -0.2) is 12.2 Å². The van der Waals surface area contributed by atoms with Gasteiger partial charge in [0.1, 0.15) is 0 Å². The fourth-order valence-corrected chi connectivity index (χ4v) is 2.06. The number of hydrogen-bond acceptors (Lipinski definition) is 2. The number of benzene rings is 1.